The molecule has 0 N–H and O–H groups in total. The lowest BCUT2D eigenvalue weighted by Crippen LogP contribution is -2.37. The Kier molecular flexibility index (Phi) is 4.55. The van der Waals surface area contributed by atoms with Gasteiger partial charge in [0.1, 0.15) is 5.76 Å². The van der Waals surface area contributed by atoms with E-state index in [1.54, 1.807) is 18.7 Å². The standard InChI is InChI=1S/C19H22N2O4/c22-18(8-17-2-1-7-25-17)21-9-16-11-24-14-19(16,12-21)13-23-10-15-3-5-20-6-4-15/h1-7,16H,8-14H2/t16-,19-/m1/s1. The van der Waals surface area contributed by atoms with Crippen LogP contribution >= 0.6 is 0 Å². The van der Waals surface area contributed by atoms with Crippen LogP contribution in [0.1, 0.15) is 11.3 Å². The van der Waals surface area contributed by atoms with Crippen molar-refractivity contribution in [3.05, 3.63) is 54.2 Å². The van der Waals surface area contributed by atoms with E-state index in [9.17, 15) is 4.79 Å². The smallest absolute Gasteiger partial charge is 0.230 e. The molecule has 1 amide bonds. The minimum absolute atomic E-state index is 0.0914. The molecule has 0 unspecified atom stereocenters. The molecule has 6 heteroatoms. The highest BCUT2D eigenvalue weighted by molar-refractivity contribution is 5.78. The van der Waals surface area contributed by atoms with Crippen molar-refractivity contribution in [2.75, 3.05) is 32.9 Å². The van der Waals surface area contributed by atoms with E-state index in [0.29, 0.717) is 51.1 Å². The van der Waals surface area contributed by atoms with Crippen LogP contribution < -0.4 is 0 Å². The van der Waals surface area contributed by atoms with Crippen molar-refractivity contribution >= 4 is 5.91 Å². The van der Waals surface area contributed by atoms with Gasteiger partial charge in [-0.05, 0) is 29.8 Å². The predicted octanol–water partition coefficient (Wildman–Crippen LogP) is 1.91. The van der Waals surface area contributed by atoms with Gasteiger partial charge in [0.05, 0.1) is 39.1 Å². The second-order valence-electron chi connectivity index (χ2n) is 6.95. The highest BCUT2D eigenvalue weighted by atomic mass is 16.5. The van der Waals surface area contributed by atoms with E-state index < -0.39 is 0 Å². The fraction of sp³-hybridized carbons (Fsp3) is 0.474. The van der Waals surface area contributed by atoms with Gasteiger partial charge >= 0.3 is 0 Å². The van der Waals surface area contributed by atoms with E-state index in [1.807, 2.05) is 29.2 Å². The van der Waals surface area contributed by atoms with Gasteiger partial charge in [-0.3, -0.25) is 9.78 Å². The van der Waals surface area contributed by atoms with E-state index >= 15 is 0 Å². The predicted molar refractivity (Wildman–Crippen MR) is 89.6 cm³/mol. The summed E-state index contributed by atoms with van der Waals surface area (Å²) < 4.78 is 17.0. The first kappa shape index (κ1) is 16.3. The Morgan fingerprint density at radius 2 is 2.24 bits per heavy atom. The molecule has 0 spiro atoms. The summed E-state index contributed by atoms with van der Waals surface area (Å²) in [5, 5.41) is 0. The third-order valence-electron chi connectivity index (χ3n) is 5.19. The third-order valence-corrected chi connectivity index (χ3v) is 5.19. The molecule has 4 rings (SSSR count). The lowest BCUT2D eigenvalue weighted by molar-refractivity contribution is -0.130. The maximum Gasteiger partial charge on any atom is 0.230 e. The van der Waals surface area contributed by atoms with E-state index in [2.05, 4.69) is 4.98 Å². The fourth-order valence-electron chi connectivity index (χ4n) is 3.75. The molecule has 0 bridgehead atoms. The van der Waals surface area contributed by atoms with Crippen LogP contribution in [-0.4, -0.2) is 48.7 Å². The number of nitrogens with zero attached hydrogens (tertiary/aromatic N) is 2. The van der Waals surface area contributed by atoms with Gasteiger partial charge in [0.25, 0.3) is 0 Å². The second kappa shape index (κ2) is 6.98. The Bertz CT molecular complexity index is 703. The van der Waals surface area contributed by atoms with Crippen molar-refractivity contribution in [2.24, 2.45) is 11.3 Å². The Labute approximate surface area is 146 Å². The van der Waals surface area contributed by atoms with Gasteiger partial charge in [-0.2, -0.15) is 0 Å². The van der Waals surface area contributed by atoms with Gasteiger partial charge in [0, 0.05) is 36.8 Å². The number of likely N-dealkylation sites (tertiary alicyclic amines) is 1. The van der Waals surface area contributed by atoms with Crippen LogP contribution in [-0.2, 0) is 27.3 Å². The van der Waals surface area contributed by atoms with Crippen LogP contribution in [0, 0.1) is 11.3 Å². The Balaban J connectivity index is 1.36. The summed E-state index contributed by atoms with van der Waals surface area (Å²) in [6, 6.07) is 7.55. The molecule has 132 valence electrons. The average Bonchev–Trinajstić information content (AvgIpc) is 3.31. The van der Waals surface area contributed by atoms with Gasteiger partial charge in [0.15, 0.2) is 0 Å². The Hall–Kier alpha value is -2.18. The lowest BCUT2D eigenvalue weighted by atomic mass is 9.82. The molecule has 2 aliphatic rings. The van der Waals surface area contributed by atoms with Crippen LogP contribution in [0.2, 0.25) is 0 Å². The van der Waals surface area contributed by atoms with Crippen molar-refractivity contribution in [1.29, 1.82) is 0 Å². The first-order chi connectivity index (χ1) is 12.3. The van der Waals surface area contributed by atoms with Gasteiger partial charge in [-0.15, -0.1) is 0 Å². The summed E-state index contributed by atoms with van der Waals surface area (Å²) in [5.41, 5.74) is 1.01. The maximum atomic E-state index is 12.6. The molecular weight excluding hydrogens is 320 g/mol. The second-order valence-corrected chi connectivity index (χ2v) is 6.95. The number of rotatable bonds is 6. The van der Waals surface area contributed by atoms with Gasteiger partial charge < -0.3 is 18.8 Å². The molecule has 2 aliphatic heterocycles. The highest BCUT2D eigenvalue weighted by Gasteiger charge is 2.51. The van der Waals surface area contributed by atoms with Crippen molar-refractivity contribution in [3.8, 4) is 0 Å². The Morgan fingerprint density at radius 1 is 1.36 bits per heavy atom. The number of hydrogen-bond acceptors (Lipinski definition) is 5. The molecule has 0 aromatic carbocycles. The molecule has 0 aliphatic carbocycles. The molecule has 2 fully saturated rings. The number of carbonyl (C=O) groups is 1. The molecule has 2 saturated heterocycles. The normalized spacial score (nSPS) is 25.3. The SMILES string of the molecule is O=C(Cc1ccco1)N1C[C@@H]2COC[C@]2(COCc2ccncc2)C1. The monoisotopic (exact) mass is 342 g/mol. The van der Waals surface area contributed by atoms with E-state index in [0.717, 1.165) is 12.1 Å². The number of pyridine rings is 1. The number of ether oxygens (including phenoxy) is 2. The minimum atomic E-state index is -0.0914. The Morgan fingerprint density at radius 3 is 3.04 bits per heavy atom. The molecule has 0 saturated carbocycles. The summed E-state index contributed by atoms with van der Waals surface area (Å²) in [6.07, 6.45) is 5.45. The first-order valence-electron chi connectivity index (χ1n) is 8.60. The third kappa shape index (κ3) is 3.45. The fourth-order valence-corrected chi connectivity index (χ4v) is 3.75. The van der Waals surface area contributed by atoms with Gasteiger partial charge in [-0.1, -0.05) is 0 Å². The van der Waals surface area contributed by atoms with E-state index in [1.165, 1.54) is 0 Å². The van der Waals surface area contributed by atoms with Gasteiger partial charge in [-0.25, -0.2) is 0 Å². The van der Waals surface area contributed by atoms with Crippen molar-refractivity contribution in [2.45, 2.75) is 13.0 Å². The van der Waals surface area contributed by atoms with Crippen LogP contribution in [0.15, 0.2) is 47.3 Å². The number of fused-ring (bicyclic) bond motifs is 1. The molecule has 6 nitrogen and oxygen atoms in total. The maximum absolute atomic E-state index is 12.6. The molecular formula is C19H22N2O4. The van der Waals surface area contributed by atoms with Crippen LogP contribution in [0.3, 0.4) is 0 Å². The van der Waals surface area contributed by atoms with E-state index in [-0.39, 0.29) is 11.3 Å². The zero-order valence-electron chi connectivity index (χ0n) is 14.1. The van der Waals surface area contributed by atoms with Crippen LogP contribution in [0.5, 0.6) is 0 Å². The lowest BCUT2D eigenvalue weighted by Gasteiger charge is -2.26. The number of hydrogen-bond donors (Lipinski definition) is 0. The summed E-state index contributed by atoms with van der Waals surface area (Å²) in [7, 11) is 0. The van der Waals surface area contributed by atoms with Crippen molar-refractivity contribution in [3.63, 3.8) is 0 Å². The summed E-state index contributed by atoms with van der Waals surface area (Å²) >= 11 is 0. The zero-order chi connectivity index (χ0) is 17.1. The van der Waals surface area contributed by atoms with E-state index in [4.69, 9.17) is 13.9 Å². The highest BCUT2D eigenvalue weighted by Crippen LogP contribution is 2.41. The molecule has 25 heavy (non-hydrogen) atoms. The van der Waals surface area contributed by atoms with Gasteiger partial charge in [0.2, 0.25) is 5.91 Å². The number of amides is 1. The largest absolute Gasteiger partial charge is 0.469 e. The molecule has 2 atom stereocenters. The van der Waals surface area contributed by atoms with Crippen molar-refractivity contribution in [1.82, 2.24) is 9.88 Å². The number of furan rings is 1. The number of carbonyl (C=O) groups excluding carboxylic acids is 1. The van der Waals surface area contributed by atoms with Crippen molar-refractivity contribution < 1.29 is 18.7 Å². The molecule has 4 heterocycles. The topological polar surface area (TPSA) is 64.8 Å². The first-order valence-corrected chi connectivity index (χ1v) is 8.60. The van der Waals surface area contributed by atoms with Crippen LogP contribution in [0.25, 0.3) is 0 Å². The molecule has 0 radical (unpaired) electrons. The summed E-state index contributed by atoms with van der Waals surface area (Å²) in [4.78, 5) is 18.5. The number of aromatic nitrogens is 1. The van der Waals surface area contributed by atoms with Crippen LogP contribution in [0.4, 0.5) is 0 Å². The minimum Gasteiger partial charge on any atom is -0.469 e. The average molecular weight is 342 g/mol. The summed E-state index contributed by atoms with van der Waals surface area (Å²) in [6.45, 7) is 3.93. The molecule has 2 aromatic heterocycles. The quantitative estimate of drug-likeness (QED) is 0.802. The summed E-state index contributed by atoms with van der Waals surface area (Å²) in [5.74, 6) is 1.16. The zero-order valence-corrected chi connectivity index (χ0v) is 14.1. The molecule has 2 aromatic rings.